The fourth-order valence-electron chi connectivity index (χ4n) is 1.72. The molecule has 0 aliphatic carbocycles. The highest BCUT2D eigenvalue weighted by molar-refractivity contribution is 5.46. The van der Waals surface area contributed by atoms with Crippen molar-refractivity contribution in [3.8, 4) is 0 Å². The Bertz CT molecular complexity index is 471. The van der Waals surface area contributed by atoms with Gasteiger partial charge in [-0.05, 0) is 24.1 Å². The first-order valence-electron chi connectivity index (χ1n) is 5.35. The molecule has 2 aromatic heterocycles. The number of nitrogens with two attached hydrogens (primary N) is 2. The number of hydrogen-bond acceptors (Lipinski definition) is 5. The van der Waals surface area contributed by atoms with Crippen LogP contribution in [0.1, 0.15) is 17.2 Å². The second kappa shape index (κ2) is 5.38. The summed E-state index contributed by atoms with van der Waals surface area (Å²) in [5.74, 6) is 5.57. The van der Waals surface area contributed by atoms with Gasteiger partial charge in [-0.3, -0.25) is 21.2 Å². The van der Waals surface area contributed by atoms with Gasteiger partial charge in [-0.1, -0.05) is 6.07 Å². The van der Waals surface area contributed by atoms with Crippen molar-refractivity contribution in [3.63, 3.8) is 0 Å². The van der Waals surface area contributed by atoms with E-state index in [-0.39, 0.29) is 6.04 Å². The van der Waals surface area contributed by atoms with Crippen LogP contribution in [-0.2, 0) is 6.42 Å². The van der Waals surface area contributed by atoms with Crippen molar-refractivity contribution >= 4 is 5.69 Å². The molecule has 0 radical (unpaired) electrons. The highest BCUT2D eigenvalue weighted by Crippen LogP contribution is 2.21. The van der Waals surface area contributed by atoms with Crippen LogP contribution >= 0.6 is 0 Å². The number of nitrogens with zero attached hydrogens (tertiary/aromatic N) is 2. The number of hydrazine groups is 1. The lowest BCUT2D eigenvalue weighted by molar-refractivity contribution is 0.551. The second-order valence-corrected chi connectivity index (χ2v) is 3.79. The predicted molar refractivity (Wildman–Crippen MR) is 66.7 cm³/mol. The molecule has 0 bridgehead atoms. The summed E-state index contributed by atoms with van der Waals surface area (Å²) in [6, 6.07) is 5.61. The van der Waals surface area contributed by atoms with Crippen LogP contribution in [0.15, 0.2) is 43.0 Å². The SMILES string of the molecule is NNC(Cc1cccnc1)c1cnccc1N. The van der Waals surface area contributed by atoms with Crippen molar-refractivity contribution in [3.05, 3.63) is 54.1 Å². The molecule has 2 rings (SSSR count). The van der Waals surface area contributed by atoms with E-state index in [2.05, 4.69) is 15.4 Å². The topological polar surface area (TPSA) is 89.8 Å². The molecular weight excluding hydrogens is 214 g/mol. The second-order valence-electron chi connectivity index (χ2n) is 3.79. The average Bonchev–Trinajstić information content (AvgIpc) is 2.38. The average molecular weight is 229 g/mol. The van der Waals surface area contributed by atoms with E-state index in [0.29, 0.717) is 5.69 Å². The Morgan fingerprint density at radius 1 is 1.18 bits per heavy atom. The summed E-state index contributed by atoms with van der Waals surface area (Å²) < 4.78 is 0. The molecule has 5 nitrogen and oxygen atoms in total. The molecule has 0 saturated heterocycles. The normalized spacial score (nSPS) is 12.3. The Morgan fingerprint density at radius 2 is 2.00 bits per heavy atom. The number of pyridine rings is 2. The van der Waals surface area contributed by atoms with Gasteiger partial charge in [0.15, 0.2) is 0 Å². The lowest BCUT2D eigenvalue weighted by Crippen LogP contribution is -2.30. The van der Waals surface area contributed by atoms with Crippen LogP contribution in [0, 0.1) is 0 Å². The zero-order valence-corrected chi connectivity index (χ0v) is 9.38. The van der Waals surface area contributed by atoms with Crippen LogP contribution in [0.4, 0.5) is 5.69 Å². The van der Waals surface area contributed by atoms with E-state index < -0.39 is 0 Å². The predicted octanol–water partition coefficient (Wildman–Crippen LogP) is 0.806. The van der Waals surface area contributed by atoms with Gasteiger partial charge in [0.2, 0.25) is 0 Å². The van der Waals surface area contributed by atoms with Gasteiger partial charge in [0.05, 0.1) is 6.04 Å². The number of nitrogens with one attached hydrogen (secondary N) is 1. The Kier molecular flexibility index (Phi) is 3.64. The van der Waals surface area contributed by atoms with E-state index in [4.69, 9.17) is 11.6 Å². The van der Waals surface area contributed by atoms with Gasteiger partial charge >= 0.3 is 0 Å². The largest absolute Gasteiger partial charge is 0.398 e. The molecule has 5 heteroatoms. The number of hydrogen-bond donors (Lipinski definition) is 3. The van der Waals surface area contributed by atoms with Crippen molar-refractivity contribution in [1.29, 1.82) is 0 Å². The van der Waals surface area contributed by atoms with Gasteiger partial charge in [-0.2, -0.15) is 0 Å². The van der Waals surface area contributed by atoms with E-state index in [1.54, 1.807) is 24.7 Å². The molecular formula is C12H15N5. The molecule has 5 N–H and O–H groups in total. The van der Waals surface area contributed by atoms with E-state index in [1.165, 1.54) is 0 Å². The molecule has 0 aliphatic heterocycles. The molecule has 1 atom stereocenters. The monoisotopic (exact) mass is 229 g/mol. The minimum Gasteiger partial charge on any atom is -0.398 e. The van der Waals surface area contributed by atoms with Crippen molar-refractivity contribution in [2.45, 2.75) is 12.5 Å². The summed E-state index contributed by atoms with van der Waals surface area (Å²) in [6.45, 7) is 0. The maximum atomic E-state index is 5.90. The Labute approximate surface area is 99.9 Å². The van der Waals surface area contributed by atoms with Gasteiger partial charge in [-0.15, -0.1) is 0 Å². The summed E-state index contributed by atoms with van der Waals surface area (Å²) in [5, 5.41) is 0. The molecule has 1 unspecified atom stereocenters. The summed E-state index contributed by atoms with van der Waals surface area (Å²) in [4.78, 5) is 8.14. The molecule has 0 aromatic carbocycles. The Balaban J connectivity index is 2.21. The lowest BCUT2D eigenvalue weighted by Gasteiger charge is -2.17. The minimum absolute atomic E-state index is 0.0621. The molecule has 0 aliphatic rings. The molecule has 0 fully saturated rings. The van der Waals surface area contributed by atoms with Crippen molar-refractivity contribution in [2.75, 3.05) is 5.73 Å². The fourth-order valence-corrected chi connectivity index (χ4v) is 1.72. The molecule has 2 heterocycles. The van der Waals surface area contributed by atoms with Gasteiger partial charge in [0.1, 0.15) is 0 Å². The van der Waals surface area contributed by atoms with E-state index in [9.17, 15) is 0 Å². The molecule has 0 spiro atoms. The van der Waals surface area contributed by atoms with E-state index >= 15 is 0 Å². The lowest BCUT2D eigenvalue weighted by atomic mass is 10.0. The third-order valence-electron chi connectivity index (χ3n) is 2.63. The first kappa shape index (κ1) is 11.5. The maximum Gasteiger partial charge on any atom is 0.0536 e. The molecule has 0 saturated carbocycles. The number of aromatic nitrogens is 2. The maximum absolute atomic E-state index is 5.90. The molecule has 17 heavy (non-hydrogen) atoms. The smallest absolute Gasteiger partial charge is 0.0536 e. The van der Waals surface area contributed by atoms with Crippen LogP contribution in [0.25, 0.3) is 0 Å². The summed E-state index contributed by atoms with van der Waals surface area (Å²) in [7, 11) is 0. The zero-order chi connectivity index (χ0) is 12.1. The molecule has 0 amide bonds. The first-order valence-corrected chi connectivity index (χ1v) is 5.35. The third-order valence-corrected chi connectivity index (χ3v) is 2.63. The standard InChI is InChI=1S/C12H15N5/c13-11-3-5-16-8-10(11)12(17-14)6-9-2-1-4-15-7-9/h1-5,7-8,12,17H,6,14H2,(H2,13,16). The van der Waals surface area contributed by atoms with Crippen LogP contribution in [0.3, 0.4) is 0 Å². The fraction of sp³-hybridized carbons (Fsp3) is 0.167. The first-order chi connectivity index (χ1) is 8.31. The summed E-state index contributed by atoms with van der Waals surface area (Å²) >= 11 is 0. The highest BCUT2D eigenvalue weighted by atomic mass is 15.2. The summed E-state index contributed by atoms with van der Waals surface area (Å²) in [6.07, 6.45) is 7.68. The number of nitrogen functional groups attached to an aromatic ring is 1. The van der Waals surface area contributed by atoms with Gasteiger partial charge < -0.3 is 5.73 Å². The Morgan fingerprint density at radius 3 is 2.65 bits per heavy atom. The van der Waals surface area contributed by atoms with Gasteiger partial charge in [-0.25, -0.2) is 0 Å². The third kappa shape index (κ3) is 2.77. The highest BCUT2D eigenvalue weighted by Gasteiger charge is 2.13. The van der Waals surface area contributed by atoms with Crippen LogP contribution in [0.2, 0.25) is 0 Å². The quantitative estimate of drug-likeness (QED) is 0.533. The van der Waals surface area contributed by atoms with Gasteiger partial charge in [0, 0.05) is 36.0 Å². The van der Waals surface area contributed by atoms with E-state index in [0.717, 1.165) is 17.5 Å². The van der Waals surface area contributed by atoms with Crippen molar-refractivity contribution in [2.24, 2.45) is 5.84 Å². The summed E-state index contributed by atoms with van der Waals surface area (Å²) in [5.41, 5.74) is 11.3. The van der Waals surface area contributed by atoms with Crippen LogP contribution in [-0.4, -0.2) is 9.97 Å². The van der Waals surface area contributed by atoms with Crippen molar-refractivity contribution < 1.29 is 0 Å². The Hall–Kier alpha value is -1.98. The zero-order valence-electron chi connectivity index (χ0n) is 9.38. The minimum atomic E-state index is -0.0621. The van der Waals surface area contributed by atoms with E-state index in [1.807, 2.05) is 18.3 Å². The van der Waals surface area contributed by atoms with Crippen molar-refractivity contribution in [1.82, 2.24) is 15.4 Å². The van der Waals surface area contributed by atoms with Crippen LogP contribution in [0.5, 0.6) is 0 Å². The van der Waals surface area contributed by atoms with Crippen LogP contribution < -0.4 is 17.0 Å². The number of rotatable bonds is 4. The van der Waals surface area contributed by atoms with Gasteiger partial charge in [0.25, 0.3) is 0 Å². The molecule has 2 aromatic rings. The number of anilines is 1. The molecule has 88 valence electrons.